The second kappa shape index (κ2) is 4.81. The van der Waals surface area contributed by atoms with Gasteiger partial charge < -0.3 is 0 Å². The van der Waals surface area contributed by atoms with Gasteiger partial charge in [0.15, 0.2) is 0 Å². The van der Waals surface area contributed by atoms with Crippen LogP contribution in [0.4, 0.5) is 13.2 Å². The molecule has 0 saturated carbocycles. The molecule has 0 aliphatic carbocycles. The van der Waals surface area contributed by atoms with Crippen molar-refractivity contribution in [1.82, 2.24) is 0 Å². The zero-order valence-corrected chi connectivity index (χ0v) is 10.0. The van der Waals surface area contributed by atoms with Gasteiger partial charge >= 0.3 is 6.18 Å². The summed E-state index contributed by atoms with van der Waals surface area (Å²) >= 11 is 0. The predicted molar refractivity (Wildman–Crippen MR) is 59.7 cm³/mol. The maximum Gasteiger partial charge on any atom is 0.416 e. The SMILES string of the molecule is CC(=O)CC(C)(C#N)c1ccc(C(F)(F)F)cc1. The molecule has 1 atom stereocenters. The van der Waals surface area contributed by atoms with Gasteiger partial charge in [-0.15, -0.1) is 0 Å². The van der Waals surface area contributed by atoms with Crippen LogP contribution in [0.15, 0.2) is 24.3 Å². The highest BCUT2D eigenvalue weighted by atomic mass is 19.4. The third kappa shape index (κ3) is 3.10. The number of hydrogen-bond acceptors (Lipinski definition) is 2. The first-order valence-electron chi connectivity index (χ1n) is 5.27. The van der Waals surface area contributed by atoms with Crippen molar-refractivity contribution in [3.05, 3.63) is 35.4 Å². The number of rotatable bonds is 3. The van der Waals surface area contributed by atoms with Gasteiger partial charge in [0.2, 0.25) is 0 Å². The minimum Gasteiger partial charge on any atom is -0.300 e. The first kappa shape index (κ1) is 14.2. The van der Waals surface area contributed by atoms with Gasteiger partial charge in [-0.05, 0) is 31.5 Å². The van der Waals surface area contributed by atoms with Crippen LogP contribution < -0.4 is 0 Å². The van der Waals surface area contributed by atoms with Crippen LogP contribution in [0.5, 0.6) is 0 Å². The van der Waals surface area contributed by atoms with E-state index in [0.29, 0.717) is 5.56 Å². The molecule has 0 heterocycles. The molecule has 0 amide bonds. The molecular weight excluding hydrogens is 243 g/mol. The molecule has 96 valence electrons. The molecule has 0 spiro atoms. The fourth-order valence-electron chi connectivity index (χ4n) is 1.73. The van der Waals surface area contributed by atoms with Crippen molar-refractivity contribution in [2.75, 3.05) is 0 Å². The third-order valence-corrected chi connectivity index (χ3v) is 2.70. The van der Waals surface area contributed by atoms with Gasteiger partial charge in [0.05, 0.1) is 17.0 Å². The Balaban J connectivity index is 3.11. The van der Waals surface area contributed by atoms with Crippen molar-refractivity contribution in [2.45, 2.75) is 31.9 Å². The summed E-state index contributed by atoms with van der Waals surface area (Å²) in [5.41, 5.74) is -1.45. The lowest BCUT2D eigenvalue weighted by atomic mass is 9.79. The zero-order chi connectivity index (χ0) is 14.0. The first-order valence-corrected chi connectivity index (χ1v) is 5.27. The minimum atomic E-state index is -4.40. The van der Waals surface area contributed by atoms with E-state index in [2.05, 4.69) is 0 Å². The van der Waals surface area contributed by atoms with Crippen LogP contribution in [0, 0.1) is 11.3 Å². The molecule has 5 heteroatoms. The molecular formula is C13H12F3NO. The molecule has 0 aliphatic rings. The van der Waals surface area contributed by atoms with Crippen LogP contribution in [-0.2, 0) is 16.4 Å². The molecule has 0 saturated heterocycles. The van der Waals surface area contributed by atoms with Crippen molar-refractivity contribution in [2.24, 2.45) is 0 Å². The van der Waals surface area contributed by atoms with Crippen LogP contribution in [0.1, 0.15) is 31.4 Å². The van der Waals surface area contributed by atoms with Crippen LogP contribution >= 0.6 is 0 Å². The molecule has 0 fully saturated rings. The summed E-state index contributed by atoms with van der Waals surface area (Å²) in [5, 5.41) is 9.09. The number of carbonyl (C=O) groups is 1. The summed E-state index contributed by atoms with van der Waals surface area (Å²) in [5.74, 6) is -0.182. The maximum absolute atomic E-state index is 12.4. The maximum atomic E-state index is 12.4. The number of nitrogens with zero attached hydrogens (tertiary/aromatic N) is 1. The average Bonchev–Trinajstić information content (AvgIpc) is 2.27. The van der Waals surface area contributed by atoms with E-state index in [0.717, 1.165) is 12.1 Å². The van der Waals surface area contributed by atoms with Crippen LogP contribution in [-0.4, -0.2) is 5.78 Å². The van der Waals surface area contributed by atoms with Crippen molar-refractivity contribution >= 4 is 5.78 Å². The van der Waals surface area contributed by atoms with E-state index in [9.17, 15) is 18.0 Å². The van der Waals surface area contributed by atoms with Gasteiger partial charge in [-0.3, -0.25) is 4.79 Å². The highest BCUT2D eigenvalue weighted by molar-refractivity contribution is 5.77. The monoisotopic (exact) mass is 255 g/mol. The zero-order valence-electron chi connectivity index (χ0n) is 10.0. The second-order valence-electron chi connectivity index (χ2n) is 4.40. The van der Waals surface area contributed by atoms with Crippen LogP contribution in [0.2, 0.25) is 0 Å². The molecule has 1 rings (SSSR count). The van der Waals surface area contributed by atoms with Gasteiger partial charge in [0.25, 0.3) is 0 Å². The summed E-state index contributed by atoms with van der Waals surface area (Å²) in [6.45, 7) is 2.89. The fraction of sp³-hybridized carbons (Fsp3) is 0.385. The Kier molecular flexibility index (Phi) is 3.80. The van der Waals surface area contributed by atoms with Gasteiger partial charge in [0, 0.05) is 6.42 Å². The molecule has 18 heavy (non-hydrogen) atoms. The Bertz CT molecular complexity index is 484. The summed E-state index contributed by atoms with van der Waals surface area (Å²) < 4.78 is 37.2. The molecule has 0 aliphatic heterocycles. The quantitative estimate of drug-likeness (QED) is 0.829. The van der Waals surface area contributed by atoms with Crippen molar-refractivity contribution < 1.29 is 18.0 Å². The largest absolute Gasteiger partial charge is 0.416 e. The number of carbonyl (C=O) groups excluding carboxylic acids is 1. The molecule has 0 radical (unpaired) electrons. The normalized spacial score (nSPS) is 14.7. The van der Waals surface area contributed by atoms with E-state index < -0.39 is 17.2 Å². The smallest absolute Gasteiger partial charge is 0.300 e. The van der Waals surface area contributed by atoms with Crippen molar-refractivity contribution in [1.29, 1.82) is 5.26 Å². The summed E-state index contributed by atoms with van der Waals surface area (Å²) in [7, 11) is 0. The number of nitriles is 1. The molecule has 2 nitrogen and oxygen atoms in total. The number of hydrogen-bond donors (Lipinski definition) is 0. The number of benzene rings is 1. The molecule has 1 aromatic rings. The van der Waals surface area contributed by atoms with Gasteiger partial charge in [-0.1, -0.05) is 12.1 Å². The van der Waals surface area contributed by atoms with E-state index in [-0.39, 0.29) is 12.2 Å². The lowest BCUT2D eigenvalue weighted by Gasteiger charge is -2.21. The second-order valence-corrected chi connectivity index (χ2v) is 4.40. The molecule has 0 N–H and O–H groups in total. The Morgan fingerprint density at radius 3 is 2.00 bits per heavy atom. The molecule has 0 bridgehead atoms. The lowest BCUT2D eigenvalue weighted by molar-refractivity contribution is -0.137. The number of Topliss-reactive ketones (excluding diaryl/α,β-unsaturated/α-hetero) is 1. The van der Waals surface area contributed by atoms with E-state index in [4.69, 9.17) is 5.26 Å². The average molecular weight is 255 g/mol. The minimum absolute atomic E-state index is 0.0190. The summed E-state index contributed by atoms with van der Waals surface area (Å²) in [4.78, 5) is 11.1. The molecule has 0 aromatic heterocycles. The fourth-order valence-corrected chi connectivity index (χ4v) is 1.73. The first-order chi connectivity index (χ1) is 8.19. The highest BCUT2D eigenvalue weighted by Gasteiger charge is 2.32. The van der Waals surface area contributed by atoms with Gasteiger partial charge in [-0.2, -0.15) is 18.4 Å². The van der Waals surface area contributed by atoms with E-state index >= 15 is 0 Å². The molecule has 1 aromatic carbocycles. The van der Waals surface area contributed by atoms with Crippen LogP contribution in [0.3, 0.4) is 0 Å². The highest BCUT2D eigenvalue weighted by Crippen LogP contribution is 2.32. The number of ketones is 1. The Morgan fingerprint density at radius 1 is 1.22 bits per heavy atom. The van der Waals surface area contributed by atoms with Crippen molar-refractivity contribution in [3.8, 4) is 6.07 Å². The van der Waals surface area contributed by atoms with Crippen LogP contribution in [0.25, 0.3) is 0 Å². The number of alkyl halides is 3. The number of halogens is 3. The topological polar surface area (TPSA) is 40.9 Å². The van der Waals surface area contributed by atoms with Crippen molar-refractivity contribution in [3.63, 3.8) is 0 Å². The Hall–Kier alpha value is -1.83. The van der Waals surface area contributed by atoms with Gasteiger partial charge in [-0.25, -0.2) is 0 Å². The predicted octanol–water partition coefficient (Wildman–Crippen LogP) is 3.47. The lowest BCUT2D eigenvalue weighted by Crippen LogP contribution is -2.23. The van der Waals surface area contributed by atoms with E-state index in [1.807, 2.05) is 6.07 Å². The molecule has 1 unspecified atom stereocenters. The van der Waals surface area contributed by atoms with Gasteiger partial charge in [0.1, 0.15) is 5.78 Å². The Morgan fingerprint density at radius 2 is 1.67 bits per heavy atom. The third-order valence-electron chi connectivity index (χ3n) is 2.70. The summed E-state index contributed by atoms with van der Waals surface area (Å²) in [6, 6.07) is 6.32. The summed E-state index contributed by atoms with van der Waals surface area (Å²) in [6.07, 6.45) is -4.42. The Labute approximate surface area is 103 Å². The standard InChI is InChI=1S/C13H12F3NO/c1-9(18)7-12(2,8-17)10-3-5-11(6-4-10)13(14,15)16/h3-6H,7H2,1-2H3. The van der Waals surface area contributed by atoms with E-state index in [1.54, 1.807) is 0 Å². The van der Waals surface area contributed by atoms with E-state index in [1.165, 1.54) is 26.0 Å².